The van der Waals surface area contributed by atoms with Gasteiger partial charge in [-0.15, -0.1) is 0 Å². The van der Waals surface area contributed by atoms with Crippen LogP contribution in [-0.2, 0) is 14.4 Å². The van der Waals surface area contributed by atoms with E-state index in [2.05, 4.69) is 36.1 Å². The highest BCUT2D eigenvalue weighted by atomic mass is 16.2. The molecule has 0 atom stereocenters. The first-order chi connectivity index (χ1) is 8.39. The summed E-state index contributed by atoms with van der Waals surface area (Å²) in [6.07, 6.45) is 3.53. The molecule has 0 saturated heterocycles. The summed E-state index contributed by atoms with van der Waals surface area (Å²) in [4.78, 5) is 29.6. The minimum absolute atomic E-state index is 0.109. The second-order valence-electron chi connectivity index (χ2n) is 2.52. The maximum Gasteiger partial charge on any atom is 0.243 e. The van der Waals surface area contributed by atoms with Gasteiger partial charge < -0.3 is 16.4 Å². The fourth-order valence-corrected chi connectivity index (χ4v) is 0.348. The molecular weight excluding hydrogens is 234 g/mol. The topological polar surface area (TPSA) is 101 Å². The summed E-state index contributed by atoms with van der Waals surface area (Å²) in [6, 6.07) is 0. The Labute approximate surface area is 108 Å². The summed E-state index contributed by atoms with van der Waals surface area (Å²) in [5, 5.41) is 4.90. The Hall–Kier alpha value is -2.37. The minimum atomic E-state index is -0.481. The molecule has 0 aliphatic carbocycles. The zero-order chi connectivity index (χ0) is 15.0. The maximum atomic E-state index is 10.2. The number of nitrogens with one attached hydrogen (secondary N) is 2. The van der Waals surface area contributed by atoms with Crippen molar-refractivity contribution in [2.24, 2.45) is 5.73 Å². The van der Waals surface area contributed by atoms with E-state index in [9.17, 15) is 14.4 Å². The summed E-state index contributed by atoms with van der Waals surface area (Å²) < 4.78 is 0. The number of carbonyl (C=O) groups is 3. The van der Waals surface area contributed by atoms with Crippen molar-refractivity contribution < 1.29 is 14.4 Å². The van der Waals surface area contributed by atoms with Crippen LogP contribution in [0.4, 0.5) is 0 Å². The van der Waals surface area contributed by atoms with Gasteiger partial charge in [-0.1, -0.05) is 19.7 Å². The second kappa shape index (κ2) is 17.0. The van der Waals surface area contributed by atoms with Gasteiger partial charge in [0.2, 0.25) is 17.7 Å². The molecule has 0 heterocycles. The lowest BCUT2D eigenvalue weighted by atomic mass is 10.6. The van der Waals surface area contributed by atoms with Gasteiger partial charge in [0, 0.05) is 13.6 Å². The molecule has 0 aromatic carbocycles. The molecule has 0 aliphatic rings. The predicted molar refractivity (Wildman–Crippen MR) is 72.5 cm³/mol. The first-order valence-corrected chi connectivity index (χ1v) is 5.05. The van der Waals surface area contributed by atoms with E-state index in [0.717, 1.165) is 6.08 Å². The quantitative estimate of drug-likeness (QED) is 0.610. The Morgan fingerprint density at radius 2 is 1.44 bits per heavy atom. The monoisotopic (exact) mass is 255 g/mol. The largest absolute Gasteiger partial charge is 0.366 e. The van der Waals surface area contributed by atoms with Crippen molar-refractivity contribution in [1.29, 1.82) is 0 Å². The number of hydrogen-bond acceptors (Lipinski definition) is 3. The zero-order valence-corrected chi connectivity index (χ0v) is 10.9. The molecule has 0 rings (SSSR count). The van der Waals surface area contributed by atoms with E-state index in [1.54, 1.807) is 7.05 Å². The summed E-state index contributed by atoms with van der Waals surface area (Å²) in [7, 11) is 1.56. The van der Waals surface area contributed by atoms with E-state index < -0.39 is 5.91 Å². The molecule has 0 fully saturated rings. The van der Waals surface area contributed by atoms with Gasteiger partial charge in [0.1, 0.15) is 0 Å². The zero-order valence-electron chi connectivity index (χ0n) is 10.9. The van der Waals surface area contributed by atoms with Crippen molar-refractivity contribution in [3.05, 3.63) is 38.0 Å². The first-order valence-electron chi connectivity index (χ1n) is 5.05. The van der Waals surface area contributed by atoms with Gasteiger partial charge in [-0.3, -0.25) is 14.4 Å². The normalized spacial score (nSPS) is 7.00. The second-order valence-corrected chi connectivity index (χ2v) is 2.52. The van der Waals surface area contributed by atoms with Gasteiger partial charge in [0.15, 0.2) is 0 Å². The Kier molecular flexibility index (Phi) is 19.9. The van der Waals surface area contributed by atoms with Crippen molar-refractivity contribution in [2.45, 2.75) is 6.92 Å². The van der Waals surface area contributed by atoms with Crippen LogP contribution in [-0.4, -0.2) is 31.3 Å². The van der Waals surface area contributed by atoms with Crippen LogP contribution in [0.2, 0.25) is 0 Å². The Balaban J connectivity index is -0.000000190. The van der Waals surface area contributed by atoms with Crippen LogP contribution in [0.3, 0.4) is 0 Å². The molecule has 0 unspecified atom stereocenters. The summed E-state index contributed by atoms with van der Waals surface area (Å²) in [6.45, 7) is 12.1. The predicted octanol–water partition coefficient (Wildman–Crippen LogP) is -0.115. The molecule has 102 valence electrons. The van der Waals surface area contributed by atoms with Crippen LogP contribution in [0.5, 0.6) is 0 Å². The van der Waals surface area contributed by atoms with Crippen LogP contribution < -0.4 is 16.4 Å². The average Bonchev–Trinajstić information content (AvgIpc) is 2.39. The fraction of sp³-hybridized carbons (Fsp3) is 0.250. The number of primary amides is 1. The molecule has 0 radical (unpaired) electrons. The molecule has 18 heavy (non-hydrogen) atoms. The number of carbonyl (C=O) groups excluding carboxylic acids is 3. The van der Waals surface area contributed by atoms with Crippen LogP contribution in [0.1, 0.15) is 6.92 Å². The summed E-state index contributed by atoms with van der Waals surface area (Å²) >= 11 is 0. The molecule has 0 bridgehead atoms. The van der Waals surface area contributed by atoms with E-state index in [-0.39, 0.29) is 11.8 Å². The molecule has 0 aromatic rings. The highest BCUT2D eigenvalue weighted by Gasteiger charge is 1.83. The molecule has 6 heteroatoms. The van der Waals surface area contributed by atoms with Crippen LogP contribution >= 0.6 is 0 Å². The number of likely N-dealkylation sites (N-methyl/N-ethyl adjacent to an activating group) is 2. The lowest BCUT2D eigenvalue weighted by molar-refractivity contribution is -0.117. The van der Waals surface area contributed by atoms with E-state index in [1.807, 2.05) is 6.92 Å². The number of rotatable bonds is 4. The van der Waals surface area contributed by atoms with Gasteiger partial charge in [-0.25, -0.2) is 0 Å². The minimum Gasteiger partial charge on any atom is -0.366 e. The first kappa shape index (κ1) is 21.0. The lowest BCUT2D eigenvalue weighted by Gasteiger charge is -1.90. The van der Waals surface area contributed by atoms with Crippen LogP contribution in [0.15, 0.2) is 38.0 Å². The smallest absolute Gasteiger partial charge is 0.243 e. The van der Waals surface area contributed by atoms with Gasteiger partial charge in [-0.2, -0.15) is 0 Å². The number of hydrogen-bond donors (Lipinski definition) is 3. The Morgan fingerprint density at radius 1 is 1.06 bits per heavy atom. The van der Waals surface area contributed by atoms with Crippen molar-refractivity contribution in [3.8, 4) is 0 Å². The van der Waals surface area contributed by atoms with Crippen molar-refractivity contribution in [3.63, 3.8) is 0 Å². The molecule has 0 spiro atoms. The standard InChI is InChI=1S/C5H9NO.C4H7NO.C3H5NO/c1-3-5(7)6-4-2;1-3-4(6)5-2;1-2-3(4)5/h3H,1,4H2,2H3,(H,6,7);3H,1H2,2H3,(H,5,6);2H,1H2,(H2,4,5). The fourth-order valence-electron chi connectivity index (χ4n) is 0.348. The van der Waals surface area contributed by atoms with Gasteiger partial charge in [0.05, 0.1) is 0 Å². The van der Waals surface area contributed by atoms with E-state index in [1.165, 1.54) is 12.2 Å². The van der Waals surface area contributed by atoms with Crippen molar-refractivity contribution in [1.82, 2.24) is 10.6 Å². The van der Waals surface area contributed by atoms with E-state index in [0.29, 0.717) is 6.54 Å². The van der Waals surface area contributed by atoms with Crippen LogP contribution in [0, 0.1) is 0 Å². The molecule has 6 nitrogen and oxygen atoms in total. The highest BCUT2D eigenvalue weighted by molar-refractivity contribution is 5.87. The summed E-state index contributed by atoms with van der Waals surface area (Å²) in [5.41, 5.74) is 4.53. The third-order valence-corrected chi connectivity index (χ3v) is 1.17. The molecule has 0 aliphatic heterocycles. The third-order valence-electron chi connectivity index (χ3n) is 1.17. The van der Waals surface area contributed by atoms with Gasteiger partial charge in [-0.05, 0) is 25.2 Å². The lowest BCUT2D eigenvalue weighted by Crippen LogP contribution is -2.19. The third kappa shape index (κ3) is 29.2. The highest BCUT2D eigenvalue weighted by Crippen LogP contribution is 1.61. The van der Waals surface area contributed by atoms with Crippen molar-refractivity contribution >= 4 is 17.7 Å². The van der Waals surface area contributed by atoms with E-state index in [4.69, 9.17) is 0 Å². The molecule has 0 saturated carbocycles. The van der Waals surface area contributed by atoms with E-state index >= 15 is 0 Å². The molecule has 3 amide bonds. The number of nitrogens with two attached hydrogens (primary N) is 1. The maximum absolute atomic E-state index is 10.2. The summed E-state index contributed by atoms with van der Waals surface area (Å²) in [5.74, 6) is -0.734. The average molecular weight is 255 g/mol. The number of amides is 3. The van der Waals surface area contributed by atoms with Crippen LogP contribution in [0.25, 0.3) is 0 Å². The Bertz CT molecular complexity index is 299. The van der Waals surface area contributed by atoms with Gasteiger partial charge in [0.25, 0.3) is 0 Å². The van der Waals surface area contributed by atoms with Crippen molar-refractivity contribution in [2.75, 3.05) is 13.6 Å². The molecule has 0 aromatic heterocycles. The SMILES string of the molecule is C=CC(=O)NC.C=CC(=O)NCC.C=CC(N)=O. The Morgan fingerprint density at radius 3 is 1.50 bits per heavy atom. The van der Waals surface area contributed by atoms with Gasteiger partial charge >= 0.3 is 0 Å². The molecule has 4 N–H and O–H groups in total. The molecular formula is C12H21N3O3.